The smallest absolute Gasteiger partial charge is 0.374 e. The van der Waals surface area contributed by atoms with Crippen molar-refractivity contribution in [3.05, 3.63) is 84.4 Å². The van der Waals surface area contributed by atoms with E-state index in [0.717, 1.165) is 38.6 Å². The molecule has 5 nitrogen and oxygen atoms in total. The fourth-order valence-corrected chi connectivity index (χ4v) is 15.2. The minimum absolute atomic E-state index is 0.650. The Morgan fingerprint density at radius 1 is 0.634 bits per heavy atom. The van der Waals surface area contributed by atoms with Crippen LogP contribution in [0.25, 0.3) is 20.4 Å². The number of para-hydroxylation sites is 2. The highest BCUT2D eigenvalue weighted by atomic mass is 33.7. The molecule has 0 aliphatic heterocycles. The number of hydrogen-bond donors (Lipinski definition) is 0. The van der Waals surface area contributed by atoms with Crippen LogP contribution in [-0.2, 0) is 19.7 Å². The van der Waals surface area contributed by atoms with Crippen molar-refractivity contribution in [2.75, 3.05) is 19.8 Å². The number of fused-ring (bicyclic) bond motifs is 2. The van der Waals surface area contributed by atoms with Crippen LogP contribution in [0.5, 0.6) is 0 Å². The van der Waals surface area contributed by atoms with Gasteiger partial charge in [-0.3, -0.25) is 0 Å². The lowest BCUT2D eigenvalue weighted by atomic mass is 10.1. The average Bonchev–Trinajstić information content (AvgIpc) is 3.60. The van der Waals surface area contributed by atoms with Crippen molar-refractivity contribution in [2.45, 2.75) is 48.3 Å². The summed E-state index contributed by atoms with van der Waals surface area (Å²) in [6.07, 6.45) is 2.08. The van der Waals surface area contributed by atoms with Gasteiger partial charge in [0.25, 0.3) is 0 Å². The third kappa shape index (κ3) is 10.6. The molecule has 5 aromatic rings. The van der Waals surface area contributed by atoms with Crippen molar-refractivity contribution >= 4 is 93.2 Å². The van der Waals surface area contributed by atoms with Gasteiger partial charge >= 0.3 is 8.80 Å². The maximum atomic E-state index is 5.84. The molecular weight excluding hydrogens is 645 g/mol. The molecule has 0 aliphatic rings. The summed E-state index contributed by atoms with van der Waals surface area (Å²) >= 11 is 3.49. The van der Waals surface area contributed by atoms with Crippen LogP contribution in [0.2, 0.25) is 6.04 Å². The van der Waals surface area contributed by atoms with E-state index in [1.165, 1.54) is 15.0 Å². The summed E-state index contributed by atoms with van der Waals surface area (Å²) in [5, 5.41) is 0. The molecule has 0 atom stereocenters. The molecule has 0 bridgehead atoms. The summed E-state index contributed by atoms with van der Waals surface area (Å²) in [6.45, 7) is 7.94. The molecule has 2 heterocycles. The third-order valence-electron chi connectivity index (χ3n) is 5.67. The van der Waals surface area contributed by atoms with Crippen molar-refractivity contribution in [2.24, 2.45) is 0 Å². The Balaban J connectivity index is 0.000000192. The first-order valence-electron chi connectivity index (χ1n) is 13.5. The Labute approximate surface area is 267 Å². The molecule has 0 N–H and O–H groups in total. The van der Waals surface area contributed by atoms with Gasteiger partial charge < -0.3 is 13.3 Å². The zero-order chi connectivity index (χ0) is 28.8. The molecule has 0 spiro atoms. The van der Waals surface area contributed by atoms with Gasteiger partial charge in [-0.15, -0.1) is 22.7 Å². The number of aryl methyl sites for hydroxylation is 1. The Morgan fingerprint density at radius 2 is 1.10 bits per heavy atom. The SMILES string of the molecule is CCO[Si](CCCc1ccccc1)(OCC)OCC.c1ccc2sc(SSSSc3nc4ccccc4s3)nc2c1. The minimum Gasteiger partial charge on any atom is -0.374 e. The molecule has 218 valence electrons. The fourth-order valence-electron chi connectivity index (χ4n) is 4.01. The van der Waals surface area contributed by atoms with E-state index in [2.05, 4.69) is 70.6 Å². The zero-order valence-corrected chi connectivity index (χ0v) is 29.2. The Morgan fingerprint density at radius 3 is 1.56 bits per heavy atom. The highest BCUT2D eigenvalue weighted by Crippen LogP contribution is 2.51. The van der Waals surface area contributed by atoms with Crippen molar-refractivity contribution in [1.29, 1.82) is 0 Å². The molecule has 2 aromatic heterocycles. The van der Waals surface area contributed by atoms with E-state index in [4.69, 9.17) is 13.3 Å². The monoisotopic (exact) mass is 678 g/mol. The summed E-state index contributed by atoms with van der Waals surface area (Å²) in [6, 6.07) is 27.9. The van der Waals surface area contributed by atoms with Crippen molar-refractivity contribution in [1.82, 2.24) is 9.97 Å². The van der Waals surface area contributed by atoms with Gasteiger partial charge in [0.1, 0.15) is 0 Å². The molecule has 0 aliphatic carbocycles. The van der Waals surface area contributed by atoms with Gasteiger partial charge in [-0.1, -0.05) is 54.6 Å². The number of nitrogens with zero attached hydrogens (tertiary/aromatic N) is 2. The second kappa shape index (κ2) is 17.9. The summed E-state index contributed by atoms with van der Waals surface area (Å²) in [4.78, 5) is 9.23. The van der Waals surface area contributed by atoms with Gasteiger partial charge in [0.2, 0.25) is 0 Å². The lowest BCUT2D eigenvalue weighted by Crippen LogP contribution is -2.46. The van der Waals surface area contributed by atoms with E-state index in [1.807, 2.05) is 39.0 Å². The maximum Gasteiger partial charge on any atom is 0.500 e. The zero-order valence-electron chi connectivity index (χ0n) is 23.3. The van der Waals surface area contributed by atoms with E-state index >= 15 is 0 Å². The first-order valence-corrected chi connectivity index (χ1v) is 21.9. The molecule has 0 radical (unpaired) electrons. The van der Waals surface area contributed by atoms with Crippen LogP contribution >= 0.6 is 63.9 Å². The van der Waals surface area contributed by atoms with E-state index in [-0.39, 0.29) is 0 Å². The molecule has 3 aromatic carbocycles. The van der Waals surface area contributed by atoms with E-state index in [0.29, 0.717) is 19.8 Å². The van der Waals surface area contributed by atoms with E-state index in [9.17, 15) is 0 Å². The van der Waals surface area contributed by atoms with Crippen LogP contribution in [0.4, 0.5) is 0 Å². The second-order valence-electron chi connectivity index (χ2n) is 8.52. The maximum absolute atomic E-state index is 5.84. The van der Waals surface area contributed by atoms with Crippen molar-refractivity contribution in [3.8, 4) is 0 Å². The van der Waals surface area contributed by atoms with Crippen LogP contribution in [0.15, 0.2) is 87.5 Å². The number of thiazole rings is 2. The first kappa shape index (κ1) is 32.8. The minimum atomic E-state index is -2.45. The topological polar surface area (TPSA) is 53.5 Å². The van der Waals surface area contributed by atoms with Crippen LogP contribution in [0.1, 0.15) is 32.8 Å². The molecule has 0 unspecified atom stereocenters. The largest absolute Gasteiger partial charge is 0.500 e. The molecule has 0 amide bonds. The van der Waals surface area contributed by atoms with Crippen molar-refractivity contribution < 1.29 is 13.3 Å². The lowest BCUT2D eigenvalue weighted by Gasteiger charge is -2.28. The van der Waals surface area contributed by atoms with Crippen LogP contribution in [-0.4, -0.2) is 38.6 Å². The normalized spacial score (nSPS) is 11.6. The fraction of sp³-hybridized carbons (Fsp3) is 0.310. The molecule has 5 rings (SSSR count). The first-order chi connectivity index (χ1) is 20.1. The Hall–Kier alpha value is -1.06. The number of benzene rings is 3. The molecule has 0 saturated carbocycles. The summed E-state index contributed by atoms with van der Waals surface area (Å²) in [5.41, 5.74) is 3.52. The molecule has 0 saturated heterocycles. The highest BCUT2D eigenvalue weighted by molar-refractivity contribution is 9.26. The van der Waals surface area contributed by atoms with Gasteiger partial charge in [-0.05, 0) is 105 Å². The van der Waals surface area contributed by atoms with Gasteiger partial charge in [0, 0.05) is 25.9 Å². The number of hydrogen-bond acceptors (Lipinski definition) is 11. The standard InChI is InChI=1S/C15H26O3Si.C14H8N2S6/c1-4-16-19(17-5-2,18-6-3)14-10-13-15-11-8-7-9-12-15;1-3-7-11-9(5-1)15-13(17-11)19-21-22-20-14-16-10-6-2-4-8-12(10)18-14/h7-9,11-12H,4-6,10,13-14H2,1-3H3;1-8H. The van der Waals surface area contributed by atoms with Gasteiger partial charge in [0.15, 0.2) is 8.68 Å². The predicted octanol–water partition coefficient (Wildman–Crippen LogP) is 10.7. The number of aromatic nitrogens is 2. The molecular formula is C29H34N2O3S6Si. The second-order valence-corrected chi connectivity index (χ2v) is 19.5. The molecule has 0 fully saturated rings. The third-order valence-corrected chi connectivity index (χ3v) is 17.5. The van der Waals surface area contributed by atoms with Crippen LogP contribution in [0, 0.1) is 0 Å². The quantitative estimate of drug-likeness (QED) is 0.0611. The van der Waals surface area contributed by atoms with E-state index in [1.54, 1.807) is 63.9 Å². The average molecular weight is 679 g/mol. The van der Waals surface area contributed by atoms with Gasteiger partial charge in [0.05, 0.1) is 20.4 Å². The van der Waals surface area contributed by atoms with Crippen LogP contribution in [0.3, 0.4) is 0 Å². The Kier molecular flexibility index (Phi) is 14.3. The molecule has 12 heteroatoms. The highest BCUT2D eigenvalue weighted by Gasteiger charge is 2.39. The van der Waals surface area contributed by atoms with Crippen LogP contribution < -0.4 is 0 Å². The number of rotatable bonds is 15. The summed E-state index contributed by atoms with van der Waals surface area (Å²) < 4.78 is 22.2. The lowest BCUT2D eigenvalue weighted by molar-refractivity contribution is 0.0708. The summed E-state index contributed by atoms with van der Waals surface area (Å²) in [7, 11) is 4.46. The van der Waals surface area contributed by atoms with Gasteiger partial charge in [-0.25, -0.2) is 9.97 Å². The van der Waals surface area contributed by atoms with E-state index < -0.39 is 8.80 Å². The predicted molar refractivity (Wildman–Crippen MR) is 186 cm³/mol. The molecule has 41 heavy (non-hydrogen) atoms. The van der Waals surface area contributed by atoms with Gasteiger partial charge in [-0.2, -0.15) is 0 Å². The summed E-state index contributed by atoms with van der Waals surface area (Å²) in [5.74, 6) is 0. The van der Waals surface area contributed by atoms with Crippen molar-refractivity contribution in [3.63, 3.8) is 0 Å². The Bertz CT molecular complexity index is 1290.